The zero-order chi connectivity index (χ0) is 14.9. The predicted molar refractivity (Wildman–Crippen MR) is 89.6 cm³/mol. The number of ether oxygens (including phenoxy) is 1. The molecule has 4 rings (SSSR count). The first-order valence-corrected chi connectivity index (χ1v) is 10.3. The van der Waals surface area contributed by atoms with Crippen molar-refractivity contribution in [3.63, 3.8) is 0 Å². The first-order valence-electron chi connectivity index (χ1n) is 8.32. The summed E-state index contributed by atoms with van der Waals surface area (Å²) in [4.78, 5) is 19.6. The highest BCUT2D eigenvalue weighted by Crippen LogP contribution is 2.37. The van der Waals surface area contributed by atoms with E-state index in [2.05, 4.69) is 21.6 Å². The zero-order valence-corrected chi connectivity index (χ0v) is 14.3. The van der Waals surface area contributed by atoms with Crippen LogP contribution in [-0.2, 0) is 4.74 Å². The molecule has 0 radical (unpaired) electrons. The van der Waals surface area contributed by atoms with E-state index in [0.29, 0.717) is 17.0 Å². The van der Waals surface area contributed by atoms with E-state index in [1.807, 2.05) is 5.38 Å². The Labute approximate surface area is 139 Å². The van der Waals surface area contributed by atoms with E-state index in [4.69, 9.17) is 4.74 Å². The number of thioether (sulfide) groups is 1. The lowest BCUT2D eigenvalue weighted by Crippen LogP contribution is -2.51. The van der Waals surface area contributed by atoms with Crippen molar-refractivity contribution in [1.82, 2.24) is 9.88 Å². The first-order chi connectivity index (χ1) is 10.8. The molecular weight excluding hydrogens is 316 g/mol. The van der Waals surface area contributed by atoms with Gasteiger partial charge in [0.25, 0.3) is 5.91 Å². The van der Waals surface area contributed by atoms with Crippen LogP contribution in [0.5, 0.6) is 0 Å². The van der Waals surface area contributed by atoms with Crippen LogP contribution in [0.1, 0.15) is 60.1 Å². The Balaban J connectivity index is 1.50. The Morgan fingerprint density at radius 2 is 2.18 bits per heavy atom. The summed E-state index contributed by atoms with van der Waals surface area (Å²) >= 11 is 3.64. The largest absolute Gasteiger partial charge is 0.371 e. The van der Waals surface area contributed by atoms with Crippen LogP contribution in [-0.4, -0.2) is 46.0 Å². The van der Waals surface area contributed by atoms with Crippen LogP contribution in [0.15, 0.2) is 5.38 Å². The maximum absolute atomic E-state index is 12.9. The molecule has 3 heterocycles. The minimum Gasteiger partial charge on any atom is -0.371 e. The number of rotatable bonds is 2. The van der Waals surface area contributed by atoms with Gasteiger partial charge < -0.3 is 9.64 Å². The third-order valence-electron chi connectivity index (χ3n) is 4.94. The van der Waals surface area contributed by atoms with Gasteiger partial charge in [0.2, 0.25) is 0 Å². The SMILES string of the molecule is O=C(c1csc([C@@H]2CCCO2)n1)N1CCS[C@H]2CCCC[C@H]21. The van der Waals surface area contributed by atoms with Crippen molar-refractivity contribution in [2.24, 2.45) is 0 Å². The van der Waals surface area contributed by atoms with Crippen molar-refractivity contribution in [2.75, 3.05) is 18.9 Å². The lowest BCUT2D eigenvalue weighted by molar-refractivity contribution is 0.0639. The maximum Gasteiger partial charge on any atom is 0.273 e. The lowest BCUT2D eigenvalue weighted by Gasteiger charge is -2.43. The Bertz CT molecular complexity index is 540. The molecule has 1 aliphatic carbocycles. The van der Waals surface area contributed by atoms with E-state index in [1.165, 1.54) is 19.3 Å². The van der Waals surface area contributed by atoms with E-state index in [-0.39, 0.29) is 12.0 Å². The summed E-state index contributed by atoms with van der Waals surface area (Å²) in [6, 6.07) is 0.424. The van der Waals surface area contributed by atoms with Crippen molar-refractivity contribution in [3.05, 3.63) is 16.1 Å². The van der Waals surface area contributed by atoms with Crippen LogP contribution >= 0.6 is 23.1 Å². The molecule has 120 valence electrons. The van der Waals surface area contributed by atoms with Gasteiger partial charge in [0, 0.05) is 35.6 Å². The van der Waals surface area contributed by atoms with E-state index >= 15 is 0 Å². The van der Waals surface area contributed by atoms with Crippen LogP contribution in [0.25, 0.3) is 0 Å². The Morgan fingerprint density at radius 3 is 3.05 bits per heavy atom. The number of aromatic nitrogens is 1. The van der Waals surface area contributed by atoms with Gasteiger partial charge in [0.15, 0.2) is 0 Å². The van der Waals surface area contributed by atoms with Crippen LogP contribution in [0.2, 0.25) is 0 Å². The Kier molecular flexibility index (Phi) is 4.42. The quantitative estimate of drug-likeness (QED) is 0.828. The van der Waals surface area contributed by atoms with E-state index in [9.17, 15) is 4.79 Å². The predicted octanol–water partition coefficient (Wildman–Crippen LogP) is 3.49. The molecule has 1 aromatic heterocycles. The van der Waals surface area contributed by atoms with Crippen LogP contribution in [0, 0.1) is 0 Å². The Hall–Kier alpha value is -0.590. The first kappa shape index (κ1) is 15.0. The summed E-state index contributed by atoms with van der Waals surface area (Å²) in [7, 11) is 0. The molecule has 1 aromatic rings. The summed E-state index contributed by atoms with van der Waals surface area (Å²) in [5, 5.41) is 3.55. The zero-order valence-electron chi connectivity index (χ0n) is 12.7. The van der Waals surface area contributed by atoms with Crippen molar-refractivity contribution < 1.29 is 9.53 Å². The molecule has 0 N–H and O–H groups in total. The molecule has 1 saturated carbocycles. The highest BCUT2D eigenvalue weighted by atomic mass is 32.2. The molecule has 6 heteroatoms. The van der Waals surface area contributed by atoms with Gasteiger partial charge in [-0.05, 0) is 25.7 Å². The number of carbonyl (C=O) groups is 1. The second kappa shape index (κ2) is 6.49. The van der Waals surface area contributed by atoms with Gasteiger partial charge in [-0.15, -0.1) is 11.3 Å². The molecule has 3 atom stereocenters. The Morgan fingerprint density at radius 1 is 1.27 bits per heavy atom. The molecule has 0 unspecified atom stereocenters. The topological polar surface area (TPSA) is 42.4 Å². The molecule has 22 heavy (non-hydrogen) atoms. The monoisotopic (exact) mass is 338 g/mol. The number of fused-ring (bicyclic) bond motifs is 1. The number of amides is 1. The molecule has 0 spiro atoms. The third-order valence-corrected chi connectivity index (χ3v) is 7.27. The normalized spacial score (nSPS) is 32.0. The average Bonchev–Trinajstić information content (AvgIpc) is 3.24. The summed E-state index contributed by atoms with van der Waals surface area (Å²) in [5.41, 5.74) is 0.631. The second-order valence-electron chi connectivity index (χ2n) is 6.33. The molecule has 0 aromatic carbocycles. The van der Waals surface area contributed by atoms with Crippen molar-refractivity contribution in [1.29, 1.82) is 0 Å². The summed E-state index contributed by atoms with van der Waals surface area (Å²) in [6.07, 6.45) is 7.24. The molecule has 2 aliphatic heterocycles. The number of thiazole rings is 1. The number of hydrogen-bond donors (Lipinski definition) is 0. The van der Waals surface area contributed by atoms with Gasteiger partial charge in [-0.1, -0.05) is 12.8 Å². The standard InChI is InChI=1S/C16H22N2O2S2/c19-16(11-10-22-15(17-11)13-5-3-8-20-13)18-7-9-21-14-6-2-1-4-12(14)18/h10,12-14H,1-9H2/t12-,13+,14+/m1/s1. The molecule has 1 amide bonds. The highest BCUT2D eigenvalue weighted by molar-refractivity contribution is 8.00. The van der Waals surface area contributed by atoms with Gasteiger partial charge in [-0.25, -0.2) is 4.98 Å². The van der Waals surface area contributed by atoms with Gasteiger partial charge in [-0.3, -0.25) is 4.79 Å². The second-order valence-corrected chi connectivity index (χ2v) is 8.57. The number of hydrogen-bond acceptors (Lipinski definition) is 5. The molecule has 4 nitrogen and oxygen atoms in total. The molecular formula is C16H22N2O2S2. The smallest absolute Gasteiger partial charge is 0.273 e. The summed E-state index contributed by atoms with van der Waals surface area (Å²) in [5.74, 6) is 1.20. The fourth-order valence-electron chi connectivity index (χ4n) is 3.80. The molecule has 0 bridgehead atoms. The summed E-state index contributed by atoms with van der Waals surface area (Å²) < 4.78 is 5.68. The van der Waals surface area contributed by atoms with E-state index in [1.54, 1.807) is 11.3 Å². The molecule has 3 fully saturated rings. The van der Waals surface area contributed by atoms with Crippen LogP contribution in [0.3, 0.4) is 0 Å². The van der Waals surface area contributed by atoms with Gasteiger partial charge >= 0.3 is 0 Å². The van der Waals surface area contributed by atoms with Crippen molar-refractivity contribution in [2.45, 2.75) is 55.9 Å². The highest BCUT2D eigenvalue weighted by Gasteiger charge is 2.37. The fraction of sp³-hybridized carbons (Fsp3) is 0.750. The average molecular weight is 338 g/mol. The maximum atomic E-state index is 12.9. The van der Waals surface area contributed by atoms with E-state index < -0.39 is 0 Å². The van der Waals surface area contributed by atoms with Crippen LogP contribution in [0.4, 0.5) is 0 Å². The molecule has 2 saturated heterocycles. The lowest BCUT2D eigenvalue weighted by atomic mass is 9.93. The van der Waals surface area contributed by atoms with Crippen LogP contribution < -0.4 is 0 Å². The van der Waals surface area contributed by atoms with Crippen molar-refractivity contribution >= 4 is 29.0 Å². The minimum atomic E-state index is 0.117. The minimum absolute atomic E-state index is 0.117. The van der Waals surface area contributed by atoms with Gasteiger partial charge in [0.05, 0.1) is 0 Å². The van der Waals surface area contributed by atoms with Crippen molar-refractivity contribution in [3.8, 4) is 0 Å². The van der Waals surface area contributed by atoms with E-state index in [0.717, 1.165) is 43.2 Å². The molecule has 3 aliphatic rings. The number of nitrogens with zero attached hydrogens (tertiary/aromatic N) is 2. The number of carbonyl (C=O) groups excluding carboxylic acids is 1. The fourth-order valence-corrected chi connectivity index (χ4v) is 6.12. The van der Waals surface area contributed by atoms with Gasteiger partial charge in [0.1, 0.15) is 16.8 Å². The summed E-state index contributed by atoms with van der Waals surface area (Å²) in [6.45, 7) is 1.69. The third kappa shape index (κ3) is 2.81. The van der Waals surface area contributed by atoms with Gasteiger partial charge in [-0.2, -0.15) is 11.8 Å².